The summed E-state index contributed by atoms with van der Waals surface area (Å²) in [5.74, 6) is -0.474. The zero-order valence-corrected chi connectivity index (χ0v) is 9.13. The van der Waals surface area contributed by atoms with Crippen LogP contribution >= 0.6 is 0 Å². The van der Waals surface area contributed by atoms with Gasteiger partial charge in [-0.15, -0.1) is 0 Å². The van der Waals surface area contributed by atoms with Crippen LogP contribution in [0.15, 0.2) is 42.6 Å². The van der Waals surface area contributed by atoms with Gasteiger partial charge in [0, 0.05) is 17.8 Å². The molecule has 2 rings (SSSR count). The fraction of sp³-hybridized carbons (Fsp3) is 0.0769. The molecule has 0 saturated carbocycles. The van der Waals surface area contributed by atoms with E-state index in [1.807, 2.05) is 12.1 Å². The van der Waals surface area contributed by atoms with Gasteiger partial charge in [-0.2, -0.15) is 0 Å². The number of hydrogen-bond donors (Lipinski definition) is 2. The molecule has 1 heterocycles. The summed E-state index contributed by atoms with van der Waals surface area (Å²) in [4.78, 5) is 14.9. The van der Waals surface area contributed by atoms with Crippen LogP contribution in [0.25, 0.3) is 0 Å². The maximum absolute atomic E-state index is 11.2. The van der Waals surface area contributed by atoms with Gasteiger partial charge in [0.25, 0.3) is 0 Å². The number of carbonyl (C=O) groups is 1. The molecule has 0 spiro atoms. The Morgan fingerprint density at radius 2 is 2.06 bits per heavy atom. The smallest absolute Gasteiger partial charge is 0.248 e. The first-order valence-electron chi connectivity index (χ1n) is 5.18. The van der Waals surface area contributed by atoms with Crippen molar-refractivity contribution in [2.45, 2.75) is 6.42 Å². The minimum Gasteiger partial charge on any atom is -0.493 e. The van der Waals surface area contributed by atoms with E-state index in [9.17, 15) is 9.90 Å². The number of hydrogen-bond acceptors (Lipinski definition) is 3. The Bertz CT molecular complexity index is 553. The summed E-state index contributed by atoms with van der Waals surface area (Å²) in [5.41, 5.74) is 7.52. The summed E-state index contributed by atoms with van der Waals surface area (Å²) in [6.45, 7) is 0. The number of carbonyl (C=O) groups excluding carboxylic acids is 1. The molecular formula is C13H12N2O2. The third-order valence-corrected chi connectivity index (χ3v) is 2.49. The van der Waals surface area contributed by atoms with Crippen molar-refractivity contribution in [3.05, 3.63) is 59.3 Å². The van der Waals surface area contributed by atoms with Crippen LogP contribution < -0.4 is 5.73 Å². The van der Waals surface area contributed by atoms with Crippen LogP contribution in [0.5, 0.6) is 5.88 Å². The molecule has 86 valence electrons. The highest BCUT2D eigenvalue weighted by Crippen LogP contribution is 2.15. The molecule has 4 nitrogen and oxygen atoms in total. The third-order valence-electron chi connectivity index (χ3n) is 2.49. The Morgan fingerprint density at radius 1 is 1.29 bits per heavy atom. The third kappa shape index (κ3) is 2.60. The van der Waals surface area contributed by atoms with E-state index < -0.39 is 5.91 Å². The minimum absolute atomic E-state index is 0.0287. The summed E-state index contributed by atoms with van der Waals surface area (Å²) >= 11 is 0. The van der Waals surface area contributed by atoms with E-state index in [0.29, 0.717) is 12.0 Å². The van der Waals surface area contributed by atoms with Crippen molar-refractivity contribution in [3.8, 4) is 5.88 Å². The lowest BCUT2D eigenvalue weighted by molar-refractivity contribution is 0.0999. The monoisotopic (exact) mass is 228 g/mol. The molecule has 1 aromatic carbocycles. The molecule has 1 aromatic heterocycles. The number of benzene rings is 1. The SMILES string of the molecule is NC(=O)c1ccccc1Cc1ccnc(O)c1. The molecule has 17 heavy (non-hydrogen) atoms. The summed E-state index contributed by atoms with van der Waals surface area (Å²) in [6.07, 6.45) is 2.06. The molecule has 0 aliphatic rings. The number of primary amides is 1. The topological polar surface area (TPSA) is 76.2 Å². The number of pyridine rings is 1. The molecule has 0 fully saturated rings. The zero-order valence-electron chi connectivity index (χ0n) is 9.13. The van der Waals surface area contributed by atoms with Gasteiger partial charge < -0.3 is 10.8 Å². The number of amides is 1. The van der Waals surface area contributed by atoms with Gasteiger partial charge in [0.15, 0.2) is 0 Å². The van der Waals surface area contributed by atoms with Crippen LogP contribution in [0, 0.1) is 0 Å². The number of aromatic hydroxyl groups is 1. The summed E-state index contributed by atoms with van der Waals surface area (Å²) in [5, 5.41) is 9.27. The fourth-order valence-corrected chi connectivity index (χ4v) is 1.71. The fourth-order valence-electron chi connectivity index (χ4n) is 1.71. The molecule has 2 aromatic rings. The molecule has 0 aliphatic heterocycles. The lowest BCUT2D eigenvalue weighted by Crippen LogP contribution is -2.13. The van der Waals surface area contributed by atoms with Gasteiger partial charge in [-0.25, -0.2) is 4.98 Å². The predicted molar refractivity (Wildman–Crippen MR) is 63.7 cm³/mol. The van der Waals surface area contributed by atoms with Crippen molar-refractivity contribution in [3.63, 3.8) is 0 Å². The highest BCUT2D eigenvalue weighted by molar-refractivity contribution is 5.94. The maximum atomic E-state index is 11.2. The molecule has 1 amide bonds. The number of rotatable bonds is 3. The Balaban J connectivity index is 2.33. The average Bonchev–Trinajstić information content (AvgIpc) is 2.29. The van der Waals surface area contributed by atoms with Crippen LogP contribution in [0.2, 0.25) is 0 Å². The van der Waals surface area contributed by atoms with Crippen LogP contribution in [0.1, 0.15) is 21.5 Å². The molecule has 0 atom stereocenters. The van der Waals surface area contributed by atoms with E-state index in [0.717, 1.165) is 11.1 Å². The second-order valence-corrected chi connectivity index (χ2v) is 3.72. The maximum Gasteiger partial charge on any atom is 0.248 e. The molecular weight excluding hydrogens is 216 g/mol. The summed E-state index contributed by atoms with van der Waals surface area (Å²) in [7, 11) is 0. The van der Waals surface area contributed by atoms with Gasteiger partial charge in [-0.05, 0) is 29.7 Å². The van der Waals surface area contributed by atoms with Crippen molar-refractivity contribution in [1.82, 2.24) is 4.98 Å². The first kappa shape index (κ1) is 11.1. The largest absolute Gasteiger partial charge is 0.493 e. The first-order chi connectivity index (χ1) is 8.16. The molecule has 3 N–H and O–H groups in total. The van der Waals surface area contributed by atoms with Gasteiger partial charge in [0.1, 0.15) is 0 Å². The van der Waals surface area contributed by atoms with E-state index in [2.05, 4.69) is 4.98 Å². The number of nitrogens with zero attached hydrogens (tertiary/aromatic N) is 1. The quantitative estimate of drug-likeness (QED) is 0.835. The van der Waals surface area contributed by atoms with Crippen molar-refractivity contribution in [2.24, 2.45) is 5.73 Å². The average molecular weight is 228 g/mol. The van der Waals surface area contributed by atoms with E-state index in [-0.39, 0.29) is 5.88 Å². The summed E-state index contributed by atoms with van der Waals surface area (Å²) in [6, 6.07) is 10.5. The molecule has 0 bridgehead atoms. The Morgan fingerprint density at radius 3 is 2.76 bits per heavy atom. The van der Waals surface area contributed by atoms with E-state index in [1.165, 1.54) is 6.20 Å². The molecule has 0 unspecified atom stereocenters. The van der Waals surface area contributed by atoms with Gasteiger partial charge in [0.2, 0.25) is 11.8 Å². The normalized spacial score (nSPS) is 10.1. The van der Waals surface area contributed by atoms with Gasteiger partial charge >= 0.3 is 0 Å². The second kappa shape index (κ2) is 4.65. The lowest BCUT2D eigenvalue weighted by Gasteiger charge is -2.06. The van der Waals surface area contributed by atoms with E-state index in [1.54, 1.807) is 24.3 Å². The zero-order chi connectivity index (χ0) is 12.3. The number of aromatic nitrogens is 1. The van der Waals surface area contributed by atoms with Crippen LogP contribution in [0.3, 0.4) is 0 Å². The predicted octanol–water partition coefficient (Wildman–Crippen LogP) is 1.48. The molecule has 0 radical (unpaired) electrons. The molecule has 0 saturated heterocycles. The van der Waals surface area contributed by atoms with Crippen LogP contribution in [-0.2, 0) is 6.42 Å². The van der Waals surface area contributed by atoms with Crippen molar-refractivity contribution >= 4 is 5.91 Å². The Kier molecular flexibility index (Phi) is 3.05. The van der Waals surface area contributed by atoms with Gasteiger partial charge in [-0.3, -0.25) is 4.79 Å². The van der Waals surface area contributed by atoms with E-state index >= 15 is 0 Å². The summed E-state index contributed by atoms with van der Waals surface area (Å²) < 4.78 is 0. The highest BCUT2D eigenvalue weighted by Gasteiger charge is 2.07. The second-order valence-electron chi connectivity index (χ2n) is 3.72. The standard InChI is InChI=1S/C13H12N2O2/c14-13(17)11-4-2-1-3-10(11)7-9-5-6-15-12(16)8-9/h1-6,8H,7H2,(H2,14,17)(H,15,16). The first-order valence-corrected chi connectivity index (χ1v) is 5.18. The van der Waals surface area contributed by atoms with Crippen molar-refractivity contribution < 1.29 is 9.90 Å². The van der Waals surface area contributed by atoms with Gasteiger partial charge in [-0.1, -0.05) is 18.2 Å². The lowest BCUT2D eigenvalue weighted by atomic mass is 10.00. The molecule has 4 heteroatoms. The highest BCUT2D eigenvalue weighted by atomic mass is 16.3. The Hall–Kier alpha value is -2.36. The van der Waals surface area contributed by atoms with Crippen LogP contribution in [-0.4, -0.2) is 16.0 Å². The van der Waals surface area contributed by atoms with Crippen molar-refractivity contribution in [2.75, 3.05) is 0 Å². The minimum atomic E-state index is -0.445. The van der Waals surface area contributed by atoms with Crippen LogP contribution in [0.4, 0.5) is 0 Å². The van der Waals surface area contributed by atoms with Gasteiger partial charge in [0.05, 0.1) is 0 Å². The Labute approximate surface area is 98.7 Å². The van der Waals surface area contributed by atoms with E-state index in [4.69, 9.17) is 5.73 Å². The van der Waals surface area contributed by atoms with Crippen molar-refractivity contribution in [1.29, 1.82) is 0 Å². The number of nitrogens with two attached hydrogens (primary N) is 1. The molecule has 0 aliphatic carbocycles.